The molecule has 4 N–H and O–H groups in total. The van der Waals surface area contributed by atoms with Crippen molar-refractivity contribution in [3.63, 3.8) is 0 Å². The number of carbonyl (C=O) groups is 4. The van der Waals surface area contributed by atoms with Gasteiger partial charge in [0.1, 0.15) is 11.8 Å². The lowest BCUT2D eigenvalue weighted by molar-refractivity contribution is -0.147. The van der Waals surface area contributed by atoms with Crippen LogP contribution in [-0.2, 0) is 19.2 Å². The lowest BCUT2D eigenvalue weighted by Crippen LogP contribution is -2.42. The second kappa shape index (κ2) is 15.6. The van der Waals surface area contributed by atoms with Crippen molar-refractivity contribution in [3.8, 4) is 0 Å². The minimum Gasteiger partial charge on any atom is -0.481 e. The molecule has 0 spiro atoms. The van der Waals surface area contributed by atoms with Gasteiger partial charge in [0.2, 0.25) is 5.91 Å². The fourth-order valence-corrected chi connectivity index (χ4v) is 4.15. The van der Waals surface area contributed by atoms with E-state index in [4.69, 9.17) is 10.2 Å². The van der Waals surface area contributed by atoms with E-state index in [0.29, 0.717) is 12.8 Å². The molecule has 1 amide bonds. The van der Waals surface area contributed by atoms with E-state index in [2.05, 4.69) is 12.2 Å². The number of allylic oxidation sites excluding steroid dienone is 1. The summed E-state index contributed by atoms with van der Waals surface area (Å²) in [6.45, 7) is 2.13. The maximum absolute atomic E-state index is 12.2. The van der Waals surface area contributed by atoms with E-state index in [-0.39, 0.29) is 24.0 Å². The number of carboxylic acids is 2. The van der Waals surface area contributed by atoms with E-state index < -0.39 is 36.4 Å². The third kappa shape index (κ3) is 11.4. The summed E-state index contributed by atoms with van der Waals surface area (Å²) >= 11 is 0. The summed E-state index contributed by atoms with van der Waals surface area (Å²) in [5.41, 5.74) is 0. The topological polar surface area (TPSA) is 141 Å². The van der Waals surface area contributed by atoms with E-state index in [1.807, 2.05) is 12.2 Å². The zero-order valence-electron chi connectivity index (χ0n) is 19.1. The van der Waals surface area contributed by atoms with Crippen molar-refractivity contribution >= 4 is 23.6 Å². The number of amides is 1. The van der Waals surface area contributed by atoms with Gasteiger partial charge in [-0.1, -0.05) is 57.6 Å². The molecule has 1 aliphatic rings. The van der Waals surface area contributed by atoms with Gasteiger partial charge < -0.3 is 20.6 Å². The average Bonchev–Trinajstić information content (AvgIpc) is 3.07. The minimum atomic E-state index is -1.41. The van der Waals surface area contributed by atoms with Gasteiger partial charge in [-0.25, -0.2) is 4.79 Å². The van der Waals surface area contributed by atoms with Crippen LogP contribution in [-0.4, -0.2) is 51.1 Å². The Morgan fingerprint density at radius 1 is 1.09 bits per heavy atom. The SMILES string of the molecule is CCCCC[C@H](O)/C=C/[C@H]1CCC(=O)[C@@H]1CCCCCCC(=O)N[C@@H](CC(=O)O)C(=O)O. The third-order valence-corrected chi connectivity index (χ3v) is 6.02. The Hall–Kier alpha value is -2.22. The van der Waals surface area contributed by atoms with Crippen LogP contribution >= 0.6 is 0 Å². The number of nitrogens with one attached hydrogen (secondary N) is 1. The summed E-state index contributed by atoms with van der Waals surface area (Å²) in [7, 11) is 0. The van der Waals surface area contributed by atoms with Gasteiger partial charge in [-0.15, -0.1) is 0 Å². The Kier molecular flexibility index (Phi) is 13.5. The molecular weight excluding hydrogens is 414 g/mol. The number of hydrogen-bond acceptors (Lipinski definition) is 5. The molecule has 1 aliphatic carbocycles. The zero-order valence-corrected chi connectivity index (χ0v) is 19.1. The van der Waals surface area contributed by atoms with Gasteiger partial charge in [0.15, 0.2) is 0 Å². The lowest BCUT2D eigenvalue weighted by atomic mass is 9.89. The first kappa shape index (κ1) is 27.8. The number of hydrogen-bond donors (Lipinski definition) is 4. The number of rotatable bonds is 17. The van der Waals surface area contributed by atoms with Crippen molar-refractivity contribution in [1.29, 1.82) is 0 Å². The molecule has 1 rings (SSSR count). The number of carbonyl (C=O) groups excluding carboxylic acids is 2. The van der Waals surface area contributed by atoms with Gasteiger partial charge >= 0.3 is 11.9 Å². The van der Waals surface area contributed by atoms with Crippen molar-refractivity contribution in [2.45, 2.75) is 103 Å². The summed E-state index contributed by atoms with van der Waals surface area (Å²) in [4.78, 5) is 45.7. The Balaban J connectivity index is 2.27. The van der Waals surface area contributed by atoms with Crippen LogP contribution in [0.5, 0.6) is 0 Å². The summed E-state index contributed by atoms with van der Waals surface area (Å²) in [5.74, 6) is -2.62. The number of aliphatic carboxylic acids is 2. The Morgan fingerprint density at radius 2 is 1.81 bits per heavy atom. The number of carboxylic acid groups (broad SMARTS) is 2. The largest absolute Gasteiger partial charge is 0.481 e. The van der Waals surface area contributed by atoms with Crippen LogP contribution in [0.3, 0.4) is 0 Å². The average molecular weight is 454 g/mol. The van der Waals surface area contributed by atoms with Gasteiger partial charge in [-0.05, 0) is 31.6 Å². The summed E-state index contributed by atoms with van der Waals surface area (Å²) in [5, 5.41) is 30.0. The highest BCUT2D eigenvalue weighted by Gasteiger charge is 2.32. The molecule has 32 heavy (non-hydrogen) atoms. The highest BCUT2D eigenvalue weighted by atomic mass is 16.4. The quantitative estimate of drug-likeness (QED) is 0.195. The predicted octanol–water partition coefficient (Wildman–Crippen LogP) is 3.46. The van der Waals surface area contributed by atoms with Crippen molar-refractivity contribution in [2.75, 3.05) is 0 Å². The maximum Gasteiger partial charge on any atom is 0.326 e. The van der Waals surface area contributed by atoms with E-state index in [0.717, 1.165) is 57.8 Å². The number of aliphatic hydroxyl groups excluding tert-OH is 1. The highest BCUT2D eigenvalue weighted by Crippen LogP contribution is 2.34. The summed E-state index contributed by atoms with van der Waals surface area (Å²) in [6, 6.07) is -1.41. The van der Waals surface area contributed by atoms with Crippen LogP contribution in [0.1, 0.15) is 90.4 Å². The normalized spacial score (nSPS) is 20.4. The molecule has 0 bridgehead atoms. The Bertz CT molecular complexity index is 646. The molecule has 0 heterocycles. The van der Waals surface area contributed by atoms with Crippen molar-refractivity contribution in [3.05, 3.63) is 12.2 Å². The molecule has 0 radical (unpaired) electrons. The second-order valence-electron chi connectivity index (χ2n) is 8.73. The molecule has 1 fully saturated rings. The second-order valence-corrected chi connectivity index (χ2v) is 8.73. The van der Waals surface area contributed by atoms with Crippen LogP contribution in [0.15, 0.2) is 12.2 Å². The van der Waals surface area contributed by atoms with Crippen LogP contribution < -0.4 is 5.32 Å². The van der Waals surface area contributed by atoms with E-state index in [1.165, 1.54) is 0 Å². The van der Waals surface area contributed by atoms with Crippen LogP contribution in [0.4, 0.5) is 0 Å². The molecule has 0 aromatic heterocycles. The summed E-state index contributed by atoms with van der Waals surface area (Å²) in [6.07, 6.45) is 12.2. The maximum atomic E-state index is 12.2. The number of Topliss-reactive ketones (excluding diaryl/α,β-unsaturated/α-hetero) is 1. The monoisotopic (exact) mass is 453 g/mol. The van der Waals surface area contributed by atoms with Gasteiger partial charge in [0.05, 0.1) is 12.5 Å². The first-order valence-electron chi connectivity index (χ1n) is 11.9. The highest BCUT2D eigenvalue weighted by molar-refractivity contribution is 5.86. The molecule has 0 unspecified atom stereocenters. The standard InChI is InChI=1S/C24H39NO7/c1-2-3-6-9-18(26)14-12-17-13-15-21(27)19(17)10-7-4-5-8-11-22(28)25-20(24(31)32)16-23(29)30/h12,14,17-20,26H,2-11,13,15-16H2,1H3,(H,25,28)(H,29,30)(H,31,32)/b14-12+/t17-,18-,19+,20-/m0/s1. The fourth-order valence-electron chi connectivity index (χ4n) is 4.15. The molecule has 8 heteroatoms. The molecule has 1 saturated carbocycles. The van der Waals surface area contributed by atoms with E-state index in [1.54, 1.807) is 0 Å². The van der Waals surface area contributed by atoms with Crippen LogP contribution in [0.25, 0.3) is 0 Å². The van der Waals surface area contributed by atoms with Crippen molar-refractivity contribution in [1.82, 2.24) is 5.32 Å². The molecule has 182 valence electrons. The van der Waals surface area contributed by atoms with Crippen molar-refractivity contribution < 1.29 is 34.5 Å². The summed E-state index contributed by atoms with van der Waals surface area (Å²) < 4.78 is 0. The molecule has 0 saturated heterocycles. The Labute approximate surface area is 190 Å². The number of ketones is 1. The first-order chi connectivity index (χ1) is 15.2. The predicted molar refractivity (Wildman–Crippen MR) is 120 cm³/mol. The molecule has 0 aliphatic heterocycles. The smallest absolute Gasteiger partial charge is 0.326 e. The minimum absolute atomic E-state index is 0.00438. The van der Waals surface area contributed by atoms with Crippen LogP contribution in [0, 0.1) is 11.8 Å². The third-order valence-electron chi connectivity index (χ3n) is 6.02. The van der Waals surface area contributed by atoms with E-state index in [9.17, 15) is 24.3 Å². The zero-order chi connectivity index (χ0) is 23.9. The fraction of sp³-hybridized carbons (Fsp3) is 0.750. The van der Waals surface area contributed by atoms with Gasteiger partial charge in [0.25, 0.3) is 0 Å². The lowest BCUT2D eigenvalue weighted by Gasteiger charge is -2.15. The van der Waals surface area contributed by atoms with Gasteiger partial charge in [-0.2, -0.15) is 0 Å². The van der Waals surface area contributed by atoms with Gasteiger partial charge in [0, 0.05) is 18.8 Å². The van der Waals surface area contributed by atoms with Crippen molar-refractivity contribution in [2.24, 2.45) is 11.8 Å². The Morgan fingerprint density at radius 3 is 2.47 bits per heavy atom. The molecule has 4 atom stereocenters. The first-order valence-corrected chi connectivity index (χ1v) is 11.9. The number of aliphatic hydroxyl groups is 1. The molecular formula is C24H39NO7. The number of unbranched alkanes of at least 4 members (excludes halogenated alkanes) is 5. The molecule has 0 aromatic rings. The van der Waals surface area contributed by atoms with E-state index >= 15 is 0 Å². The van der Waals surface area contributed by atoms with Gasteiger partial charge in [-0.3, -0.25) is 14.4 Å². The van der Waals surface area contributed by atoms with Crippen LogP contribution in [0.2, 0.25) is 0 Å². The molecule has 0 aromatic carbocycles. The molecule has 8 nitrogen and oxygen atoms in total.